The molecule has 5 aromatic carbocycles. The van der Waals surface area contributed by atoms with E-state index in [1.807, 2.05) is 0 Å². The van der Waals surface area contributed by atoms with Crippen molar-refractivity contribution in [2.75, 3.05) is 13.2 Å². The summed E-state index contributed by atoms with van der Waals surface area (Å²) in [7, 11) is 0. The minimum Gasteiger partial charge on any atom is -0.508 e. The second-order valence-electron chi connectivity index (χ2n) is 15.0. The number of nitrogens with one attached hydrogen (secondary N) is 3. The topological polar surface area (TPSA) is 204 Å². The Bertz CT molecular complexity index is 2910. The fourth-order valence-electron chi connectivity index (χ4n) is 7.42. The number of imide groups is 1. The van der Waals surface area contributed by atoms with Gasteiger partial charge in [-0.3, -0.25) is 34.1 Å². The minimum absolute atomic E-state index is 0.0850. The summed E-state index contributed by atoms with van der Waals surface area (Å²) in [5.41, 5.74) is 6.90. The van der Waals surface area contributed by atoms with E-state index in [-0.39, 0.29) is 67.4 Å². The second kappa shape index (κ2) is 18.9. The first kappa shape index (κ1) is 42.6. The number of hydrogen-bond acceptors (Lipinski definition) is 11. The first-order valence-electron chi connectivity index (χ1n) is 20.3. The van der Waals surface area contributed by atoms with Gasteiger partial charge in [-0.1, -0.05) is 30.0 Å². The Morgan fingerprint density at radius 3 is 2.42 bits per heavy atom. The molecule has 3 heterocycles. The van der Waals surface area contributed by atoms with Gasteiger partial charge >= 0.3 is 0 Å². The predicted molar refractivity (Wildman–Crippen MR) is 239 cm³/mol. The van der Waals surface area contributed by atoms with Crippen molar-refractivity contribution in [1.29, 1.82) is 0 Å². The number of phenolic OH excluding ortho intramolecular Hbond substituents is 2. The van der Waals surface area contributed by atoms with Crippen LogP contribution < -0.4 is 20.8 Å². The fourth-order valence-corrected chi connectivity index (χ4v) is 8.66. The van der Waals surface area contributed by atoms with Gasteiger partial charge < -0.3 is 25.2 Å². The van der Waals surface area contributed by atoms with Crippen LogP contribution in [0.3, 0.4) is 0 Å². The van der Waals surface area contributed by atoms with E-state index in [1.54, 1.807) is 103 Å². The third-order valence-corrected chi connectivity index (χ3v) is 11.9. The molecule has 8 rings (SSSR count). The van der Waals surface area contributed by atoms with Crippen molar-refractivity contribution >= 4 is 63.0 Å². The highest BCUT2D eigenvalue weighted by Crippen LogP contribution is 2.41. The summed E-state index contributed by atoms with van der Waals surface area (Å²) in [6.07, 6.45) is 2.62. The third-order valence-electron chi connectivity index (χ3n) is 10.7. The zero-order valence-electron chi connectivity index (χ0n) is 34.1. The zero-order chi connectivity index (χ0) is 44.7. The predicted octanol–water partition coefficient (Wildman–Crippen LogP) is 6.06. The van der Waals surface area contributed by atoms with Crippen LogP contribution in [0.2, 0.25) is 0 Å². The number of hydrazone groups is 1. The number of aromatic hydroxyl groups is 2. The van der Waals surface area contributed by atoms with Crippen LogP contribution in [0.5, 0.6) is 17.2 Å². The molecule has 64 heavy (non-hydrogen) atoms. The van der Waals surface area contributed by atoms with Gasteiger partial charge in [0.05, 0.1) is 19.4 Å². The van der Waals surface area contributed by atoms with E-state index in [9.17, 15) is 39.0 Å². The summed E-state index contributed by atoms with van der Waals surface area (Å²) in [6.45, 7) is 0.623. The highest BCUT2D eigenvalue weighted by atomic mass is 32.1. The average molecular weight is 874 g/mol. The Balaban J connectivity index is 0.767. The van der Waals surface area contributed by atoms with Crippen LogP contribution in [0.4, 0.5) is 0 Å². The van der Waals surface area contributed by atoms with Gasteiger partial charge in [0.15, 0.2) is 5.78 Å². The highest BCUT2D eigenvalue weighted by molar-refractivity contribution is 7.22. The van der Waals surface area contributed by atoms with Crippen LogP contribution in [0, 0.1) is 11.8 Å². The van der Waals surface area contributed by atoms with Gasteiger partial charge in [-0.2, -0.15) is 5.10 Å². The molecule has 1 unspecified atom stereocenters. The SMILES string of the molecule is O=C(CCCOc1ccc(/C=N/NC(=O)c2ccc(C(=O)c3c(-c4ccc(O)cc4)sc4cc(O)ccc34)cc2)cc1)NCC#Cc1cccc2c1CN(C1CCC(=O)NC1=O)C2=O. The Hall–Kier alpha value is -8.09. The Morgan fingerprint density at radius 2 is 1.66 bits per heavy atom. The lowest BCUT2D eigenvalue weighted by molar-refractivity contribution is -0.137. The number of benzene rings is 5. The van der Waals surface area contributed by atoms with Gasteiger partial charge in [-0.05, 0) is 121 Å². The van der Waals surface area contributed by atoms with Gasteiger partial charge in [0.2, 0.25) is 17.7 Å². The lowest BCUT2D eigenvalue weighted by Crippen LogP contribution is -2.52. The molecular formula is C49H39N5O9S. The standard InChI is InChI=1S/C49H39N5O9S/c55-34-16-14-32(15-17-34)46-44(38-21-18-35(56)26-41(38)64-46)45(59)31-10-12-33(13-11-31)47(60)53-51-27-29-8-19-36(20-9-29)63-25-3-7-42(57)50-24-2-5-30-4-1-6-37-39(30)28-54(49(37)62)40-22-23-43(58)52-48(40)61/h1,4,6,8-21,26-27,40,55-56H,3,7,22-25,28H2,(H,50,57)(H,53,60)(H,52,58,61)/b51-27+. The van der Waals surface area contributed by atoms with E-state index in [1.165, 1.54) is 28.5 Å². The molecule has 2 aliphatic heterocycles. The highest BCUT2D eigenvalue weighted by Gasteiger charge is 2.39. The second-order valence-corrected chi connectivity index (χ2v) is 16.0. The van der Waals surface area contributed by atoms with E-state index in [0.29, 0.717) is 68.0 Å². The molecule has 15 heteroatoms. The van der Waals surface area contributed by atoms with Crippen molar-refractivity contribution in [3.63, 3.8) is 0 Å². The maximum absolute atomic E-state index is 13.9. The maximum atomic E-state index is 13.9. The number of fused-ring (bicyclic) bond motifs is 2. The molecule has 1 saturated heterocycles. The summed E-state index contributed by atoms with van der Waals surface area (Å²) >= 11 is 1.36. The smallest absolute Gasteiger partial charge is 0.271 e. The number of carbonyl (C=O) groups is 6. The summed E-state index contributed by atoms with van der Waals surface area (Å²) in [5.74, 6) is 4.74. The number of ether oxygens (including phenoxy) is 1. The van der Waals surface area contributed by atoms with Crippen LogP contribution in [0.25, 0.3) is 20.5 Å². The van der Waals surface area contributed by atoms with Gasteiger partial charge in [0.25, 0.3) is 11.8 Å². The molecule has 2 aliphatic rings. The third kappa shape index (κ3) is 9.52. The number of piperidine rings is 1. The quantitative estimate of drug-likeness (QED) is 0.0228. The maximum Gasteiger partial charge on any atom is 0.271 e. The number of amides is 5. The van der Waals surface area contributed by atoms with E-state index in [0.717, 1.165) is 10.3 Å². The molecule has 0 spiro atoms. The molecule has 1 aromatic heterocycles. The molecule has 1 atom stereocenters. The van der Waals surface area contributed by atoms with Crippen molar-refractivity contribution in [2.45, 2.75) is 38.3 Å². The van der Waals surface area contributed by atoms with E-state index >= 15 is 0 Å². The molecule has 0 saturated carbocycles. The van der Waals surface area contributed by atoms with E-state index in [2.05, 4.69) is 33.0 Å². The minimum atomic E-state index is -0.712. The Morgan fingerprint density at radius 1 is 0.906 bits per heavy atom. The average Bonchev–Trinajstić information content (AvgIpc) is 3.84. The Kier molecular flexibility index (Phi) is 12.6. The van der Waals surface area contributed by atoms with Crippen molar-refractivity contribution in [3.8, 4) is 39.5 Å². The molecular weight excluding hydrogens is 835 g/mol. The summed E-state index contributed by atoms with van der Waals surface area (Å²) < 4.78 is 6.52. The zero-order valence-corrected chi connectivity index (χ0v) is 34.9. The number of carbonyl (C=O) groups excluding carboxylic acids is 6. The molecule has 6 aromatic rings. The molecule has 5 N–H and O–H groups in total. The monoisotopic (exact) mass is 873 g/mol. The molecule has 1 fully saturated rings. The normalized spacial score (nSPS) is 14.5. The van der Waals surface area contributed by atoms with Crippen molar-refractivity contribution in [3.05, 3.63) is 148 Å². The summed E-state index contributed by atoms with van der Waals surface area (Å²) in [5, 5.41) is 29.7. The molecule has 14 nitrogen and oxygen atoms in total. The lowest BCUT2D eigenvalue weighted by atomic mass is 9.97. The molecule has 320 valence electrons. The molecule has 0 bridgehead atoms. The van der Waals surface area contributed by atoms with Crippen LogP contribution in [0.15, 0.2) is 114 Å². The first-order valence-corrected chi connectivity index (χ1v) is 21.1. The number of nitrogens with zero attached hydrogens (tertiary/aromatic N) is 2. The van der Waals surface area contributed by atoms with Gasteiger partial charge in [0.1, 0.15) is 23.3 Å². The molecule has 0 radical (unpaired) electrons. The van der Waals surface area contributed by atoms with Crippen LogP contribution in [0.1, 0.15) is 79.0 Å². The first-order chi connectivity index (χ1) is 31.0. The van der Waals surface area contributed by atoms with Crippen LogP contribution in [-0.4, -0.2) is 75.8 Å². The van der Waals surface area contributed by atoms with E-state index in [4.69, 9.17) is 4.74 Å². The largest absolute Gasteiger partial charge is 0.508 e. The van der Waals surface area contributed by atoms with Crippen LogP contribution >= 0.6 is 11.3 Å². The van der Waals surface area contributed by atoms with Gasteiger partial charge in [-0.25, -0.2) is 5.43 Å². The fraction of sp³-hybridized carbons (Fsp3) is 0.163. The number of hydrogen-bond donors (Lipinski definition) is 5. The van der Waals surface area contributed by atoms with Crippen LogP contribution in [-0.2, 0) is 20.9 Å². The number of rotatable bonds is 13. The number of phenols is 2. The Labute approximate surface area is 370 Å². The molecule has 5 amide bonds. The van der Waals surface area contributed by atoms with Crippen molar-refractivity contribution in [2.24, 2.45) is 5.10 Å². The summed E-state index contributed by atoms with van der Waals surface area (Å²) in [4.78, 5) is 78.4. The number of thiophene rings is 1. The van der Waals surface area contributed by atoms with Gasteiger partial charge in [-0.15, -0.1) is 11.3 Å². The number of ketones is 1. The van der Waals surface area contributed by atoms with Crippen molar-refractivity contribution in [1.82, 2.24) is 21.0 Å². The van der Waals surface area contributed by atoms with E-state index < -0.39 is 17.9 Å². The van der Waals surface area contributed by atoms with Gasteiger partial charge in [0, 0.05) is 62.2 Å². The molecule has 0 aliphatic carbocycles. The van der Waals surface area contributed by atoms with Crippen molar-refractivity contribution < 1.29 is 43.7 Å². The lowest BCUT2D eigenvalue weighted by Gasteiger charge is -2.29. The summed E-state index contributed by atoms with van der Waals surface area (Å²) in [6, 6.07) is 29.2.